The molecule has 1 aliphatic carbocycles. The standard InChI is InChI=1S/C24H26N2O3/c1-3-16-8-4-6-10-20(16)25-22(27)18-9-5-7-11-21(18)26-23(28)17-13-12-15(2)14-19(17)24(26)29/h4-11,15,17,19H,3,12-14H2,1-2H3,(H,25,27)/t15-,17-,19-/m0/s1. The Labute approximate surface area is 171 Å². The van der Waals surface area contributed by atoms with E-state index in [0.29, 0.717) is 17.2 Å². The second-order valence-corrected chi connectivity index (χ2v) is 8.13. The van der Waals surface area contributed by atoms with Crippen LogP contribution in [-0.4, -0.2) is 17.7 Å². The number of anilines is 2. The molecule has 1 saturated heterocycles. The zero-order valence-corrected chi connectivity index (χ0v) is 16.9. The number of imide groups is 1. The molecule has 1 aliphatic heterocycles. The Morgan fingerprint density at radius 3 is 2.48 bits per heavy atom. The van der Waals surface area contributed by atoms with Crippen LogP contribution in [0.3, 0.4) is 0 Å². The fourth-order valence-electron chi connectivity index (χ4n) is 4.63. The molecule has 5 heteroatoms. The van der Waals surface area contributed by atoms with Gasteiger partial charge in [0.1, 0.15) is 0 Å². The highest BCUT2D eigenvalue weighted by molar-refractivity contribution is 6.24. The first-order chi connectivity index (χ1) is 14.0. The van der Waals surface area contributed by atoms with Crippen LogP contribution in [0.5, 0.6) is 0 Å². The maximum absolute atomic E-state index is 13.1. The minimum atomic E-state index is -0.315. The number of nitrogens with zero attached hydrogens (tertiary/aromatic N) is 1. The number of para-hydroxylation sites is 2. The number of aryl methyl sites for hydroxylation is 1. The van der Waals surface area contributed by atoms with Crippen molar-refractivity contribution < 1.29 is 14.4 Å². The van der Waals surface area contributed by atoms with Crippen molar-refractivity contribution in [3.05, 3.63) is 59.7 Å². The summed E-state index contributed by atoms with van der Waals surface area (Å²) in [6, 6.07) is 14.5. The Kier molecular flexibility index (Phi) is 5.22. The summed E-state index contributed by atoms with van der Waals surface area (Å²) in [5, 5.41) is 2.95. The van der Waals surface area contributed by atoms with E-state index in [1.54, 1.807) is 24.3 Å². The van der Waals surface area contributed by atoms with E-state index in [1.165, 1.54) is 4.90 Å². The summed E-state index contributed by atoms with van der Waals surface area (Å²) in [4.78, 5) is 40.5. The van der Waals surface area contributed by atoms with Gasteiger partial charge in [0.05, 0.1) is 23.1 Å². The van der Waals surface area contributed by atoms with Crippen molar-refractivity contribution in [2.45, 2.75) is 39.5 Å². The molecule has 0 radical (unpaired) electrons. The van der Waals surface area contributed by atoms with E-state index < -0.39 is 0 Å². The maximum atomic E-state index is 13.1. The van der Waals surface area contributed by atoms with E-state index in [1.807, 2.05) is 31.2 Å². The van der Waals surface area contributed by atoms with Crippen molar-refractivity contribution in [3.8, 4) is 0 Å². The van der Waals surface area contributed by atoms with Gasteiger partial charge in [0.15, 0.2) is 0 Å². The molecule has 1 N–H and O–H groups in total. The number of hydrogen-bond acceptors (Lipinski definition) is 3. The van der Waals surface area contributed by atoms with Crippen LogP contribution >= 0.6 is 0 Å². The lowest BCUT2D eigenvalue weighted by atomic mass is 9.76. The van der Waals surface area contributed by atoms with Crippen molar-refractivity contribution in [3.63, 3.8) is 0 Å². The summed E-state index contributed by atoms with van der Waals surface area (Å²) in [6.07, 6.45) is 3.24. The van der Waals surface area contributed by atoms with Gasteiger partial charge in [-0.25, -0.2) is 4.90 Å². The second kappa shape index (κ2) is 7.82. The van der Waals surface area contributed by atoms with Crippen LogP contribution in [0.4, 0.5) is 11.4 Å². The number of carbonyl (C=O) groups is 3. The monoisotopic (exact) mass is 390 g/mol. The van der Waals surface area contributed by atoms with Gasteiger partial charge >= 0.3 is 0 Å². The van der Waals surface area contributed by atoms with Gasteiger partial charge in [-0.15, -0.1) is 0 Å². The van der Waals surface area contributed by atoms with Gasteiger partial charge in [-0.2, -0.15) is 0 Å². The van der Waals surface area contributed by atoms with E-state index in [2.05, 4.69) is 12.2 Å². The highest BCUT2D eigenvalue weighted by atomic mass is 16.2. The molecule has 2 aromatic rings. The van der Waals surface area contributed by atoms with Crippen LogP contribution in [0, 0.1) is 17.8 Å². The average Bonchev–Trinajstić information content (AvgIpc) is 2.98. The summed E-state index contributed by atoms with van der Waals surface area (Å²) in [6.45, 7) is 4.16. The molecule has 3 atom stereocenters. The molecule has 5 nitrogen and oxygen atoms in total. The highest BCUT2D eigenvalue weighted by Crippen LogP contribution is 2.42. The number of fused-ring (bicyclic) bond motifs is 1. The lowest BCUT2D eigenvalue weighted by Gasteiger charge is -2.25. The number of carbonyl (C=O) groups excluding carboxylic acids is 3. The van der Waals surface area contributed by atoms with Crippen LogP contribution in [0.1, 0.15) is 49.0 Å². The summed E-state index contributed by atoms with van der Waals surface area (Å²) >= 11 is 0. The smallest absolute Gasteiger partial charge is 0.257 e. The molecular formula is C24H26N2O3. The van der Waals surface area contributed by atoms with Crippen molar-refractivity contribution in [1.29, 1.82) is 0 Å². The zero-order chi connectivity index (χ0) is 20.5. The zero-order valence-electron chi connectivity index (χ0n) is 16.9. The van der Waals surface area contributed by atoms with Gasteiger partial charge in [-0.3, -0.25) is 14.4 Å². The molecule has 150 valence electrons. The Bertz CT molecular complexity index is 968. The summed E-state index contributed by atoms with van der Waals surface area (Å²) in [5.74, 6) is -0.719. The van der Waals surface area contributed by atoms with Crippen LogP contribution in [0.25, 0.3) is 0 Å². The molecule has 2 aliphatic rings. The molecule has 0 bridgehead atoms. The van der Waals surface area contributed by atoms with Gasteiger partial charge in [0.25, 0.3) is 5.91 Å². The first-order valence-corrected chi connectivity index (χ1v) is 10.4. The molecule has 4 rings (SSSR count). The maximum Gasteiger partial charge on any atom is 0.257 e. The molecule has 2 fully saturated rings. The molecule has 29 heavy (non-hydrogen) atoms. The molecule has 0 spiro atoms. The fraction of sp³-hybridized carbons (Fsp3) is 0.375. The van der Waals surface area contributed by atoms with E-state index >= 15 is 0 Å². The first-order valence-electron chi connectivity index (χ1n) is 10.4. The summed E-state index contributed by atoms with van der Waals surface area (Å²) in [5.41, 5.74) is 2.51. The molecule has 1 saturated carbocycles. The molecule has 3 amide bonds. The SMILES string of the molecule is CCc1ccccc1NC(=O)c1ccccc1N1C(=O)[C@H]2CC[C@H](C)C[C@@H]2C1=O. The number of nitrogens with one attached hydrogen (secondary N) is 1. The van der Waals surface area contributed by atoms with Crippen molar-refractivity contribution in [2.75, 3.05) is 10.2 Å². The molecular weight excluding hydrogens is 364 g/mol. The number of hydrogen-bond donors (Lipinski definition) is 1. The fourth-order valence-corrected chi connectivity index (χ4v) is 4.63. The third-order valence-corrected chi connectivity index (χ3v) is 6.22. The Balaban J connectivity index is 1.66. The second-order valence-electron chi connectivity index (χ2n) is 8.13. The third kappa shape index (κ3) is 3.46. The quantitative estimate of drug-likeness (QED) is 0.786. The minimum Gasteiger partial charge on any atom is -0.322 e. The van der Waals surface area contributed by atoms with Crippen LogP contribution in [-0.2, 0) is 16.0 Å². The van der Waals surface area contributed by atoms with Crippen molar-refractivity contribution in [2.24, 2.45) is 17.8 Å². The highest BCUT2D eigenvalue weighted by Gasteiger charge is 2.50. The lowest BCUT2D eigenvalue weighted by molar-refractivity contribution is -0.122. The van der Waals surface area contributed by atoms with Gasteiger partial charge in [0.2, 0.25) is 11.8 Å². The predicted octanol–water partition coefficient (Wildman–Crippen LogP) is 4.43. The van der Waals surface area contributed by atoms with Crippen molar-refractivity contribution >= 4 is 29.1 Å². The van der Waals surface area contributed by atoms with E-state index in [4.69, 9.17) is 0 Å². The Morgan fingerprint density at radius 2 is 1.69 bits per heavy atom. The lowest BCUT2D eigenvalue weighted by Crippen LogP contribution is -2.33. The van der Waals surface area contributed by atoms with Gasteiger partial charge < -0.3 is 5.32 Å². The van der Waals surface area contributed by atoms with E-state index in [9.17, 15) is 14.4 Å². The van der Waals surface area contributed by atoms with E-state index in [0.717, 1.165) is 36.9 Å². The normalized spacial score (nSPS) is 23.8. The number of amides is 3. The predicted molar refractivity (Wildman–Crippen MR) is 113 cm³/mol. The molecule has 2 aromatic carbocycles. The van der Waals surface area contributed by atoms with Crippen LogP contribution in [0.2, 0.25) is 0 Å². The Hall–Kier alpha value is -2.95. The van der Waals surface area contributed by atoms with Crippen LogP contribution in [0.15, 0.2) is 48.5 Å². The van der Waals surface area contributed by atoms with Gasteiger partial charge in [-0.1, -0.05) is 44.2 Å². The summed E-state index contributed by atoms with van der Waals surface area (Å²) in [7, 11) is 0. The first kappa shape index (κ1) is 19.4. The van der Waals surface area contributed by atoms with Crippen molar-refractivity contribution in [1.82, 2.24) is 0 Å². The van der Waals surface area contributed by atoms with Crippen LogP contribution < -0.4 is 10.2 Å². The molecule has 0 aromatic heterocycles. The van der Waals surface area contributed by atoms with E-state index in [-0.39, 0.29) is 29.6 Å². The third-order valence-electron chi connectivity index (χ3n) is 6.22. The average molecular weight is 390 g/mol. The number of benzene rings is 2. The van der Waals surface area contributed by atoms with Gasteiger partial charge in [-0.05, 0) is 55.4 Å². The Morgan fingerprint density at radius 1 is 1.00 bits per heavy atom. The minimum absolute atomic E-state index is 0.166. The number of rotatable bonds is 4. The summed E-state index contributed by atoms with van der Waals surface area (Å²) < 4.78 is 0. The van der Waals surface area contributed by atoms with Gasteiger partial charge in [0, 0.05) is 5.69 Å². The molecule has 0 unspecified atom stereocenters. The largest absolute Gasteiger partial charge is 0.322 e. The molecule has 1 heterocycles. The topological polar surface area (TPSA) is 66.5 Å².